The predicted octanol–water partition coefficient (Wildman–Crippen LogP) is 7.31. The number of rotatable bonds is 15. The molecular formula is C31H48Cl2N4O5SSi. The van der Waals surface area contributed by atoms with Crippen LogP contribution in [0.25, 0.3) is 22.0 Å². The summed E-state index contributed by atoms with van der Waals surface area (Å²) in [5, 5.41) is 6.18. The SMILES string of the molecule is CCOC(=O)c1[nH]c2c(-c3c(CN(C)S(=O)(=O)CCCCl)nn(C)c3CC)c(Cl)ccc2c1CCCO[Si](C)(C)C(C)(C)C. The lowest BCUT2D eigenvalue weighted by Gasteiger charge is -2.36. The Balaban J connectivity index is 2.14. The second-order valence-electron chi connectivity index (χ2n) is 12.6. The second kappa shape index (κ2) is 14.7. The highest BCUT2D eigenvalue weighted by atomic mass is 35.5. The molecule has 0 bridgehead atoms. The van der Waals surface area contributed by atoms with Crippen molar-refractivity contribution in [3.05, 3.63) is 39.8 Å². The number of nitrogens with zero attached hydrogens (tertiary/aromatic N) is 3. The number of aromatic nitrogens is 3. The molecule has 0 saturated carbocycles. The van der Waals surface area contributed by atoms with Gasteiger partial charge in [0, 0.05) is 48.8 Å². The molecular weight excluding hydrogens is 639 g/mol. The minimum atomic E-state index is -3.55. The number of ether oxygens (including phenoxy) is 1. The lowest BCUT2D eigenvalue weighted by atomic mass is 9.97. The summed E-state index contributed by atoms with van der Waals surface area (Å²) < 4.78 is 40.9. The van der Waals surface area contributed by atoms with E-state index in [4.69, 9.17) is 37.5 Å². The standard InChI is InChI=1S/C31H48Cl2N4O5SSi/c1-10-25-27(24(35-37(25)7)20-36(6)43(39,40)19-13-17-32)26-23(33)16-15-22-21(29(34-28(22)26)30(38)41-11-2)14-12-18-42-44(8,9)31(3,4)5/h15-16,34H,10-14,17-20H2,1-9H3. The zero-order valence-electron chi connectivity index (χ0n) is 27.6. The van der Waals surface area contributed by atoms with Gasteiger partial charge in [-0.25, -0.2) is 13.2 Å². The topological polar surface area (TPSA) is 107 Å². The molecule has 0 aliphatic rings. The van der Waals surface area contributed by atoms with E-state index in [1.807, 2.05) is 26.1 Å². The first kappa shape index (κ1) is 36.6. The molecule has 0 radical (unpaired) electrons. The quantitative estimate of drug-likeness (QED) is 0.0778. The number of carbonyl (C=O) groups is 1. The van der Waals surface area contributed by atoms with E-state index in [9.17, 15) is 13.2 Å². The number of aryl methyl sites for hydroxylation is 2. The predicted molar refractivity (Wildman–Crippen MR) is 183 cm³/mol. The maximum absolute atomic E-state index is 13.2. The van der Waals surface area contributed by atoms with Gasteiger partial charge in [-0.2, -0.15) is 9.40 Å². The largest absolute Gasteiger partial charge is 0.461 e. The zero-order valence-corrected chi connectivity index (χ0v) is 30.9. The van der Waals surface area contributed by atoms with Gasteiger partial charge >= 0.3 is 5.97 Å². The van der Waals surface area contributed by atoms with E-state index in [-0.39, 0.29) is 29.8 Å². The van der Waals surface area contributed by atoms with E-state index in [1.165, 1.54) is 4.31 Å². The minimum Gasteiger partial charge on any atom is -0.461 e. The zero-order chi connectivity index (χ0) is 33.0. The average Bonchev–Trinajstić information content (AvgIpc) is 3.45. The van der Waals surface area contributed by atoms with Crippen molar-refractivity contribution in [1.82, 2.24) is 19.1 Å². The maximum atomic E-state index is 13.2. The molecule has 2 heterocycles. The fraction of sp³-hybridized carbons (Fsp3) is 0.613. The van der Waals surface area contributed by atoms with Crippen LogP contribution < -0.4 is 0 Å². The number of H-pyrrole nitrogens is 1. The number of esters is 1. The Labute approximate surface area is 273 Å². The van der Waals surface area contributed by atoms with Crippen molar-refractivity contribution in [1.29, 1.82) is 0 Å². The van der Waals surface area contributed by atoms with Gasteiger partial charge in [-0.1, -0.05) is 45.4 Å². The van der Waals surface area contributed by atoms with Gasteiger partial charge in [-0.3, -0.25) is 4.68 Å². The number of carbonyl (C=O) groups excluding carboxylic acids is 1. The number of sulfonamides is 1. The molecule has 0 amide bonds. The van der Waals surface area contributed by atoms with Crippen LogP contribution in [0, 0.1) is 0 Å². The lowest BCUT2D eigenvalue weighted by Crippen LogP contribution is -2.41. The highest BCUT2D eigenvalue weighted by molar-refractivity contribution is 7.89. The third kappa shape index (κ3) is 7.90. The third-order valence-electron chi connectivity index (χ3n) is 8.56. The molecule has 0 saturated heterocycles. The summed E-state index contributed by atoms with van der Waals surface area (Å²) in [6, 6.07) is 3.75. The molecule has 0 fully saturated rings. The molecule has 2 aromatic heterocycles. The maximum Gasteiger partial charge on any atom is 0.355 e. The smallest absolute Gasteiger partial charge is 0.355 e. The second-order valence-corrected chi connectivity index (χ2v) is 20.4. The summed E-state index contributed by atoms with van der Waals surface area (Å²) >= 11 is 12.7. The minimum absolute atomic E-state index is 0.0475. The molecule has 9 nitrogen and oxygen atoms in total. The van der Waals surface area contributed by atoms with Crippen LogP contribution >= 0.6 is 23.2 Å². The summed E-state index contributed by atoms with van der Waals surface area (Å²) in [5.41, 5.74) is 4.85. The van der Waals surface area contributed by atoms with Crippen molar-refractivity contribution in [2.45, 2.75) is 85.0 Å². The number of hydrogen-bond donors (Lipinski definition) is 1. The van der Waals surface area contributed by atoms with Crippen LogP contribution in [0.1, 0.15) is 74.9 Å². The summed E-state index contributed by atoms with van der Waals surface area (Å²) in [6.07, 6.45) is 2.33. The Morgan fingerprint density at radius 2 is 1.84 bits per heavy atom. The first-order valence-corrected chi connectivity index (χ1v) is 20.6. The summed E-state index contributed by atoms with van der Waals surface area (Å²) in [5.74, 6) is -0.216. The van der Waals surface area contributed by atoms with Crippen molar-refractivity contribution in [2.75, 3.05) is 31.9 Å². The van der Waals surface area contributed by atoms with E-state index in [0.717, 1.165) is 28.6 Å². The molecule has 44 heavy (non-hydrogen) atoms. The van der Waals surface area contributed by atoms with E-state index >= 15 is 0 Å². The van der Waals surface area contributed by atoms with Crippen molar-refractivity contribution in [3.8, 4) is 11.1 Å². The molecule has 3 aromatic rings. The normalized spacial score (nSPS) is 12.9. The Hall–Kier alpha value is -1.89. The molecule has 246 valence electrons. The Bertz CT molecular complexity index is 1580. The summed E-state index contributed by atoms with van der Waals surface area (Å²) in [6.45, 7) is 15.8. The van der Waals surface area contributed by atoms with Gasteiger partial charge in [0.15, 0.2) is 8.32 Å². The van der Waals surface area contributed by atoms with E-state index in [2.05, 4.69) is 38.8 Å². The van der Waals surface area contributed by atoms with Crippen LogP contribution in [0.4, 0.5) is 0 Å². The van der Waals surface area contributed by atoms with Crippen LogP contribution in [0.15, 0.2) is 12.1 Å². The van der Waals surface area contributed by atoms with Gasteiger partial charge in [-0.15, -0.1) is 11.6 Å². The number of aromatic amines is 1. The van der Waals surface area contributed by atoms with Gasteiger partial charge < -0.3 is 14.1 Å². The Kier molecular flexibility index (Phi) is 12.2. The van der Waals surface area contributed by atoms with Gasteiger partial charge in [0.25, 0.3) is 0 Å². The molecule has 13 heteroatoms. The third-order valence-corrected chi connectivity index (χ3v) is 15.6. The van der Waals surface area contributed by atoms with Crippen molar-refractivity contribution in [2.24, 2.45) is 7.05 Å². The highest BCUT2D eigenvalue weighted by Gasteiger charge is 2.37. The Morgan fingerprint density at radius 3 is 2.43 bits per heavy atom. The Morgan fingerprint density at radius 1 is 1.16 bits per heavy atom. The number of fused-ring (bicyclic) bond motifs is 1. The van der Waals surface area contributed by atoms with Crippen LogP contribution in [0.5, 0.6) is 0 Å². The fourth-order valence-electron chi connectivity index (χ4n) is 5.09. The molecule has 1 N–H and O–H groups in total. The van der Waals surface area contributed by atoms with Crippen LogP contribution in [0.2, 0.25) is 23.2 Å². The summed E-state index contributed by atoms with van der Waals surface area (Å²) in [7, 11) is -2.07. The van der Waals surface area contributed by atoms with E-state index in [1.54, 1.807) is 18.7 Å². The van der Waals surface area contributed by atoms with E-state index < -0.39 is 24.3 Å². The van der Waals surface area contributed by atoms with Gasteiger partial charge in [0.2, 0.25) is 10.0 Å². The van der Waals surface area contributed by atoms with Crippen LogP contribution in [-0.2, 0) is 45.6 Å². The highest BCUT2D eigenvalue weighted by Crippen LogP contribution is 2.42. The molecule has 0 aliphatic carbocycles. The number of benzene rings is 1. The van der Waals surface area contributed by atoms with Crippen LogP contribution in [-0.4, -0.2) is 73.7 Å². The first-order valence-electron chi connectivity index (χ1n) is 15.2. The molecule has 3 rings (SSSR count). The van der Waals surface area contributed by atoms with E-state index in [0.29, 0.717) is 53.4 Å². The molecule has 0 spiro atoms. The van der Waals surface area contributed by atoms with Gasteiger partial charge in [0.05, 0.1) is 35.1 Å². The molecule has 0 unspecified atom stereocenters. The van der Waals surface area contributed by atoms with Crippen molar-refractivity contribution >= 4 is 58.4 Å². The fourth-order valence-corrected chi connectivity index (χ4v) is 7.87. The van der Waals surface area contributed by atoms with Gasteiger partial charge in [-0.05, 0) is 62.4 Å². The van der Waals surface area contributed by atoms with Crippen molar-refractivity contribution in [3.63, 3.8) is 0 Å². The molecule has 0 atom stereocenters. The van der Waals surface area contributed by atoms with Gasteiger partial charge in [0.1, 0.15) is 5.69 Å². The number of nitrogens with one attached hydrogen (secondary N) is 1. The first-order chi connectivity index (χ1) is 20.5. The average molecular weight is 688 g/mol. The number of hydrogen-bond acceptors (Lipinski definition) is 6. The molecule has 0 aliphatic heterocycles. The number of alkyl halides is 1. The van der Waals surface area contributed by atoms with Crippen LogP contribution in [0.3, 0.4) is 0 Å². The molecule has 1 aromatic carbocycles. The number of halogens is 2. The van der Waals surface area contributed by atoms with Crippen molar-refractivity contribution < 1.29 is 22.4 Å². The lowest BCUT2D eigenvalue weighted by molar-refractivity contribution is 0.0519. The monoisotopic (exact) mass is 686 g/mol. The summed E-state index contributed by atoms with van der Waals surface area (Å²) in [4.78, 5) is 16.6.